The Hall–Kier alpha value is -3.91. The van der Waals surface area contributed by atoms with Gasteiger partial charge in [0.1, 0.15) is 0 Å². The summed E-state index contributed by atoms with van der Waals surface area (Å²) in [4.78, 5) is 24.4. The minimum Gasteiger partial charge on any atom is -0.398 e. The van der Waals surface area contributed by atoms with Crippen molar-refractivity contribution < 1.29 is 4.79 Å². The molecule has 0 bridgehead atoms. The van der Waals surface area contributed by atoms with E-state index in [2.05, 4.69) is 66.5 Å². The zero-order valence-electron chi connectivity index (χ0n) is 22.9. The molecule has 0 saturated carbocycles. The molecule has 1 aliphatic heterocycles. The molecule has 38 heavy (non-hydrogen) atoms. The van der Waals surface area contributed by atoms with E-state index in [4.69, 9.17) is 10.7 Å². The van der Waals surface area contributed by atoms with E-state index in [9.17, 15) is 4.79 Å². The molecule has 0 unspecified atom stereocenters. The predicted octanol–water partition coefficient (Wildman–Crippen LogP) is 4.57. The van der Waals surface area contributed by atoms with Crippen LogP contribution in [0.3, 0.4) is 0 Å². The number of piperidine rings is 1. The van der Waals surface area contributed by atoms with Crippen LogP contribution in [0.2, 0.25) is 0 Å². The fourth-order valence-electron chi connectivity index (χ4n) is 4.92. The molecule has 8 heteroatoms. The summed E-state index contributed by atoms with van der Waals surface area (Å²) in [6.07, 6.45) is 4.56. The van der Waals surface area contributed by atoms with Gasteiger partial charge in [-0.1, -0.05) is 19.6 Å². The number of likely N-dealkylation sites (tertiary alicyclic amines) is 1. The number of benzene rings is 2. The Bertz CT molecular complexity index is 1290. The number of amides is 1. The SMILES string of the molecule is C=C(NC)c1cc(C(=O)N2CCC(NCc3nc(Nc4cc(C)cc(C)c4)ncc3CC)CC2)ccc1N. The number of hydrogen-bond acceptors (Lipinski definition) is 7. The summed E-state index contributed by atoms with van der Waals surface area (Å²) < 4.78 is 0. The highest BCUT2D eigenvalue weighted by Gasteiger charge is 2.24. The Kier molecular flexibility index (Phi) is 8.63. The Labute approximate surface area is 225 Å². The number of nitrogens with one attached hydrogen (secondary N) is 3. The van der Waals surface area contributed by atoms with Crippen LogP contribution in [0.5, 0.6) is 0 Å². The van der Waals surface area contributed by atoms with Crippen LogP contribution in [-0.2, 0) is 13.0 Å². The lowest BCUT2D eigenvalue weighted by Gasteiger charge is -2.32. The fraction of sp³-hybridized carbons (Fsp3) is 0.367. The monoisotopic (exact) mass is 513 g/mol. The van der Waals surface area contributed by atoms with Crippen LogP contribution in [-0.4, -0.2) is 47.0 Å². The largest absolute Gasteiger partial charge is 0.398 e. The third kappa shape index (κ3) is 6.50. The van der Waals surface area contributed by atoms with E-state index in [0.29, 0.717) is 48.6 Å². The molecule has 1 saturated heterocycles. The summed E-state index contributed by atoms with van der Waals surface area (Å²) in [5, 5.41) is 10.0. The molecular formula is C30H39N7O. The smallest absolute Gasteiger partial charge is 0.253 e. The first-order valence-electron chi connectivity index (χ1n) is 13.3. The second-order valence-electron chi connectivity index (χ2n) is 10.00. The highest BCUT2D eigenvalue weighted by molar-refractivity contribution is 5.96. The van der Waals surface area contributed by atoms with Crippen molar-refractivity contribution in [1.29, 1.82) is 0 Å². The quantitative estimate of drug-likeness (QED) is 0.311. The molecule has 3 aromatic rings. The Morgan fingerprint density at radius 2 is 1.84 bits per heavy atom. The van der Waals surface area contributed by atoms with Gasteiger partial charge in [-0.2, -0.15) is 0 Å². The van der Waals surface area contributed by atoms with Crippen LogP contribution in [0.15, 0.2) is 49.2 Å². The molecule has 1 amide bonds. The zero-order chi connectivity index (χ0) is 27.2. The number of aromatic nitrogens is 2. The van der Waals surface area contributed by atoms with E-state index >= 15 is 0 Å². The maximum atomic E-state index is 13.2. The standard InChI is InChI=1S/C30H39N7O/c1-6-22-17-34-30(35-25-14-19(2)13-20(3)15-25)36-28(22)18-33-24-9-11-37(12-10-24)29(38)23-7-8-27(31)26(16-23)21(4)32-5/h7-8,13-17,24,32-33H,4,6,9-12,18,31H2,1-3,5H3,(H,34,35,36). The molecule has 1 aliphatic rings. The summed E-state index contributed by atoms with van der Waals surface area (Å²) in [6.45, 7) is 12.3. The van der Waals surface area contributed by atoms with Gasteiger partial charge < -0.3 is 26.6 Å². The van der Waals surface area contributed by atoms with Gasteiger partial charge in [0.2, 0.25) is 5.95 Å². The molecule has 0 spiro atoms. The van der Waals surface area contributed by atoms with Crippen LogP contribution in [0.4, 0.5) is 17.3 Å². The number of rotatable bonds is 9. The van der Waals surface area contributed by atoms with E-state index < -0.39 is 0 Å². The van der Waals surface area contributed by atoms with Crippen molar-refractivity contribution in [2.75, 3.05) is 31.2 Å². The lowest BCUT2D eigenvalue weighted by molar-refractivity contribution is 0.0704. The van der Waals surface area contributed by atoms with Crippen molar-refractivity contribution in [2.24, 2.45) is 0 Å². The van der Waals surface area contributed by atoms with Gasteiger partial charge in [0, 0.05) is 67.1 Å². The molecule has 2 aromatic carbocycles. The van der Waals surface area contributed by atoms with Crippen molar-refractivity contribution in [3.63, 3.8) is 0 Å². The van der Waals surface area contributed by atoms with Crippen LogP contribution < -0.4 is 21.7 Å². The normalized spacial score (nSPS) is 13.8. The number of nitrogens with two attached hydrogens (primary N) is 1. The molecular weight excluding hydrogens is 474 g/mol. The van der Waals surface area contributed by atoms with Crippen LogP contribution in [0.1, 0.15) is 58.1 Å². The maximum absolute atomic E-state index is 13.2. The molecule has 8 nitrogen and oxygen atoms in total. The van der Waals surface area contributed by atoms with Gasteiger partial charge in [-0.25, -0.2) is 9.97 Å². The number of nitrogens with zero attached hydrogens (tertiary/aromatic N) is 3. The molecule has 0 atom stereocenters. The maximum Gasteiger partial charge on any atom is 0.253 e. The number of nitrogen functional groups attached to an aromatic ring is 1. The summed E-state index contributed by atoms with van der Waals surface area (Å²) in [5.41, 5.74) is 14.3. The van der Waals surface area contributed by atoms with Crippen molar-refractivity contribution in [3.05, 3.63) is 82.7 Å². The van der Waals surface area contributed by atoms with Gasteiger partial charge in [0.05, 0.1) is 5.69 Å². The van der Waals surface area contributed by atoms with E-state index in [1.165, 1.54) is 11.1 Å². The Balaban J connectivity index is 1.35. The second-order valence-corrected chi connectivity index (χ2v) is 10.00. The Morgan fingerprint density at radius 1 is 1.13 bits per heavy atom. The lowest BCUT2D eigenvalue weighted by atomic mass is 10.0. The van der Waals surface area contributed by atoms with Gasteiger partial charge in [-0.15, -0.1) is 0 Å². The number of hydrogen-bond donors (Lipinski definition) is 4. The van der Waals surface area contributed by atoms with Crippen molar-refractivity contribution in [3.8, 4) is 0 Å². The van der Waals surface area contributed by atoms with Crippen LogP contribution in [0, 0.1) is 13.8 Å². The van der Waals surface area contributed by atoms with Crippen LogP contribution in [0.25, 0.3) is 5.70 Å². The van der Waals surface area contributed by atoms with E-state index in [-0.39, 0.29) is 5.91 Å². The lowest BCUT2D eigenvalue weighted by Crippen LogP contribution is -2.44. The number of carbonyl (C=O) groups is 1. The first kappa shape index (κ1) is 27.1. The molecule has 1 aromatic heterocycles. The van der Waals surface area contributed by atoms with E-state index in [1.54, 1.807) is 19.2 Å². The summed E-state index contributed by atoms with van der Waals surface area (Å²) in [7, 11) is 1.79. The van der Waals surface area contributed by atoms with Crippen molar-refractivity contribution in [2.45, 2.75) is 52.6 Å². The van der Waals surface area contributed by atoms with Gasteiger partial charge in [-0.05, 0) is 80.1 Å². The fourth-order valence-corrected chi connectivity index (χ4v) is 4.92. The average molecular weight is 514 g/mol. The summed E-state index contributed by atoms with van der Waals surface area (Å²) in [5.74, 6) is 0.632. The molecule has 0 aliphatic carbocycles. The molecule has 5 N–H and O–H groups in total. The number of aryl methyl sites for hydroxylation is 3. The van der Waals surface area contributed by atoms with Crippen molar-refractivity contribution >= 4 is 28.9 Å². The first-order valence-corrected chi connectivity index (χ1v) is 13.3. The summed E-state index contributed by atoms with van der Waals surface area (Å²) >= 11 is 0. The number of anilines is 3. The zero-order valence-corrected chi connectivity index (χ0v) is 22.9. The summed E-state index contributed by atoms with van der Waals surface area (Å²) in [6, 6.07) is 12.1. The highest BCUT2D eigenvalue weighted by Crippen LogP contribution is 2.23. The van der Waals surface area contributed by atoms with Gasteiger partial charge in [0.25, 0.3) is 5.91 Å². The molecule has 200 valence electrons. The average Bonchev–Trinajstić information content (AvgIpc) is 2.91. The highest BCUT2D eigenvalue weighted by atomic mass is 16.2. The second kappa shape index (κ2) is 12.1. The third-order valence-corrected chi connectivity index (χ3v) is 7.08. The predicted molar refractivity (Wildman–Crippen MR) is 155 cm³/mol. The van der Waals surface area contributed by atoms with Crippen molar-refractivity contribution in [1.82, 2.24) is 25.5 Å². The molecule has 2 heterocycles. The topological polar surface area (TPSA) is 108 Å². The van der Waals surface area contributed by atoms with E-state index in [1.807, 2.05) is 17.2 Å². The molecule has 0 radical (unpaired) electrons. The third-order valence-electron chi connectivity index (χ3n) is 7.08. The number of carbonyl (C=O) groups excluding carboxylic acids is 1. The minimum absolute atomic E-state index is 0.0276. The minimum atomic E-state index is 0.0276. The van der Waals surface area contributed by atoms with Gasteiger partial charge in [0.15, 0.2) is 0 Å². The molecule has 4 rings (SSSR count). The van der Waals surface area contributed by atoms with Crippen LogP contribution >= 0.6 is 0 Å². The van der Waals surface area contributed by atoms with Gasteiger partial charge >= 0.3 is 0 Å². The Morgan fingerprint density at radius 3 is 2.50 bits per heavy atom. The van der Waals surface area contributed by atoms with E-state index in [0.717, 1.165) is 41.8 Å². The first-order chi connectivity index (χ1) is 18.3. The van der Waals surface area contributed by atoms with Gasteiger partial charge in [-0.3, -0.25) is 4.79 Å². The molecule has 1 fully saturated rings.